The summed E-state index contributed by atoms with van der Waals surface area (Å²) < 4.78 is 47.8. The van der Waals surface area contributed by atoms with Gasteiger partial charge < -0.3 is 24.5 Å². The van der Waals surface area contributed by atoms with Crippen molar-refractivity contribution >= 4 is 48.0 Å². The van der Waals surface area contributed by atoms with E-state index in [1.165, 1.54) is 54.5 Å². The average Bonchev–Trinajstić information content (AvgIpc) is 2.89. The number of nitrogens with zero attached hydrogens (tertiary/aromatic N) is 2. The first-order valence-corrected chi connectivity index (χ1v) is 13.8. The van der Waals surface area contributed by atoms with E-state index in [9.17, 15) is 28.0 Å². The quantitative estimate of drug-likeness (QED) is 0.225. The Morgan fingerprint density at radius 3 is 2.62 bits per heavy atom. The molecule has 4 N–H and O–H groups in total. The van der Waals surface area contributed by atoms with E-state index in [0.29, 0.717) is 16.3 Å². The van der Waals surface area contributed by atoms with E-state index in [2.05, 4.69) is 14.8 Å². The van der Waals surface area contributed by atoms with Gasteiger partial charge in [0.15, 0.2) is 0 Å². The Bertz CT molecular complexity index is 1410. The second kappa shape index (κ2) is 13.9. The van der Waals surface area contributed by atoms with Crippen LogP contribution in [0.2, 0.25) is 5.02 Å². The molecule has 2 aromatic carbocycles. The van der Waals surface area contributed by atoms with Crippen LogP contribution in [0.5, 0.6) is 0 Å². The van der Waals surface area contributed by atoms with Gasteiger partial charge in [-0.15, -0.1) is 0 Å². The molecule has 3 rings (SSSR count). The van der Waals surface area contributed by atoms with Crippen LogP contribution >= 0.6 is 19.4 Å². The maximum absolute atomic E-state index is 13.7. The lowest BCUT2D eigenvalue weighted by Gasteiger charge is -2.29. The van der Waals surface area contributed by atoms with E-state index < -0.39 is 56.8 Å². The topological polar surface area (TPSA) is 159 Å². The van der Waals surface area contributed by atoms with Gasteiger partial charge in [-0.25, -0.2) is 23.1 Å². The number of benzene rings is 2. The van der Waals surface area contributed by atoms with Gasteiger partial charge in [0.1, 0.15) is 24.1 Å². The second-order valence-electron chi connectivity index (χ2n) is 8.83. The van der Waals surface area contributed by atoms with Crippen LogP contribution in [0.25, 0.3) is 10.8 Å². The molecule has 15 heteroatoms. The van der Waals surface area contributed by atoms with Gasteiger partial charge in [0.05, 0.1) is 23.8 Å². The summed E-state index contributed by atoms with van der Waals surface area (Å²) in [6, 6.07) is 8.77. The number of nitrogens with one attached hydrogen (secondary N) is 1. The number of aliphatic hydroxyl groups excluding tert-OH is 1. The van der Waals surface area contributed by atoms with Crippen LogP contribution in [-0.4, -0.2) is 69.2 Å². The predicted octanol–water partition coefficient (Wildman–Crippen LogP) is 4.04. The molecule has 3 aromatic rings. The second-order valence-corrected chi connectivity index (χ2v) is 10.4. The molecule has 0 bridgehead atoms. The smallest absolute Gasteiger partial charge is 0.447 e. The molecule has 11 nitrogen and oxygen atoms in total. The van der Waals surface area contributed by atoms with Crippen molar-refractivity contribution in [2.24, 2.45) is 0 Å². The molecule has 0 aliphatic carbocycles. The molecule has 0 aliphatic rings. The molecule has 0 saturated carbocycles. The summed E-state index contributed by atoms with van der Waals surface area (Å²) >= 11 is 5.95. The fourth-order valence-corrected chi connectivity index (χ4v) is 4.35. The minimum absolute atomic E-state index is 0.0751. The normalized spacial score (nSPS) is 13.1. The lowest BCUT2D eigenvalue weighted by atomic mass is 10.1. The molecule has 0 spiro atoms. The van der Waals surface area contributed by atoms with Gasteiger partial charge in [0.25, 0.3) is 0 Å². The van der Waals surface area contributed by atoms with Gasteiger partial charge in [-0.05, 0) is 54.1 Å². The van der Waals surface area contributed by atoms with Crippen LogP contribution in [0.1, 0.15) is 18.4 Å². The van der Waals surface area contributed by atoms with Crippen molar-refractivity contribution in [1.29, 1.82) is 0 Å². The number of hydrogen-bond donors (Lipinski definition) is 4. The average molecular weight is 602 g/mol. The zero-order valence-corrected chi connectivity index (χ0v) is 22.8. The highest BCUT2D eigenvalue weighted by Crippen LogP contribution is 2.36. The van der Waals surface area contributed by atoms with Crippen molar-refractivity contribution < 1.29 is 47.1 Å². The minimum Gasteiger partial charge on any atom is -0.447 e. The monoisotopic (exact) mass is 601 g/mol. The summed E-state index contributed by atoms with van der Waals surface area (Å²) in [5, 5.41) is 13.7. The number of fused-ring (bicyclic) bond motifs is 1. The van der Waals surface area contributed by atoms with Crippen LogP contribution in [0.3, 0.4) is 0 Å². The van der Waals surface area contributed by atoms with Gasteiger partial charge >= 0.3 is 13.9 Å². The number of likely N-dealkylation sites (N-methyl/N-ethyl adjacent to an activating group) is 1. The Labute approximate surface area is 232 Å². The number of anilines is 1. The number of phosphoric acid groups is 1. The van der Waals surface area contributed by atoms with E-state index in [0.717, 1.165) is 0 Å². The number of carbonyl (C=O) groups is 2. The van der Waals surface area contributed by atoms with Crippen LogP contribution < -0.4 is 5.32 Å². The molecule has 2 atom stereocenters. The molecular weight excluding hydrogens is 575 g/mol. The van der Waals surface area contributed by atoms with Crippen molar-refractivity contribution in [3.05, 3.63) is 70.9 Å². The van der Waals surface area contributed by atoms with Crippen LogP contribution in [0.15, 0.2) is 48.7 Å². The number of rotatable bonds is 12. The predicted molar refractivity (Wildman–Crippen MR) is 142 cm³/mol. The third-order valence-corrected chi connectivity index (χ3v) is 6.79. The van der Waals surface area contributed by atoms with Gasteiger partial charge in [0, 0.05) is 25.1 Å². The van der Waals surface area contributed by atoms with E-state index in [1.807, 2.05) is 0 Å². The van der Waals surface area contributed by atoms with Crippen molar-refractivity contribution in [3.63, 3.8) is 0 Å². The first-order valence-electron chi connectivity index (χ1n) is 11.9. The molecule has 0 unspecified atom stereocenters. The van der Waals surface area contributed by atoms with Gasteiger partial charge in [-0.2, -0.15) is 0 Å². The van der Waals surface area contributed by atoms with E-state index in [-0.39, 0.29) is 30.1 Å². The largest absolute Gasteiger partial charge is 0.469 e. The Morgan fingerprint density at radius 2 is 1.90 bits per heavy atom. The van der Waals surface area contributed by atoms with Gasteiger partial charge in [0.2, 0.25) is 5.91 Å². The van der Waals surface area contributed by atoms with Crippen molar-refractivity contribution in [3.8, 4) is 0 Å². The third-order valence-electron chi connectivity index (χ3n) is 5.88. The van der Waals surface area contributed by atoms with E-state index in [4.69, 9.17) is 26.1 Å². The molecule has 216 valence electrons. The number of aliphatic hydroxyl groups is 1. The molecule has 0 aliphatic heterocycles. The first-order chi connectivity index (χ1) is 18.8. The third kappa shape index (κ3) is 9.47. The summed E-state index contributed by atoms with van der Waals surface area (Å²) in [5.74, 6) is -1.48. The molecule has 0 saturated heterocycles. The summed E-state index contributed by atoms with van der Waals surface area (Å²) in [4.78, 5) is 48.4. The van der Waals surface area contributed by atoms with Crippen LogP contribution in [-0.2, 0) is 25.0 Å². The van der Waals surface area contributed by atoms with Crippen molar-refractivity contribution in [2.45, 2.75) is 31.4 Å². The maximum Gasteiger partial charge on any atom is 0.469 e. The molecule has 1 heterocycles. The molecule has 1 aromatic heterocycles. The van der Waals surface area contributed by atoms with Crippen LogP contribution in [0, 0.1) is 11.6 Å². The highest BCUT2D eigenvalue weighted by Gasteiger charge is 2.26. The summed E-state index contributed by atoms with van der Waals surface area (Å²) in [6.07, 6.45) is -1.23. The van der Waals surface area contributed by atoms with Crippen molar-refractivity contribution in [1.82, 2.24) is 9.88 Å². The number of amides is 2. The molecule has 0 fully saturated rings. The Balaban J connectivity index is 1.65. The Kier molecular flexibility index (Phi) is 10.9. The fraction of sp³-hybridized carbons (Fsp3) is 0.320. The molecule has 0 radical (unpaired) electrons. The van der Waals surface area contributed by atoms with Crippen molar-refractivity contribution in [2.75, 3.05) is 25.6 Å². The zero-order valence-electron chi connectivity index (χ0n) is 21.2. The number of carbonyl (C=O) groups excluding carboxylic acids is 2. The van der Waals surface area contributed by atoms with Gasteiger partial charge in [-0.1, -0.05) is 23.7 Å². The van der Waals surface area contributed by atoms with Gasteiger partial charge in [-0.3, -0.25) is 14.6 Å². The number of aryl methyl sites for hydroxylation is 1. The summed E-state index contributed by atoms with van der Waals surface area (Å²) in [5.41, 5.74) is 0.411. The highest BCUT2D eigenvalue weighted by molar-refractivity contribution is 7.46. The summed E-state index contributed by atoms with van der Waals surface area (Å²) in [7, 11) is -3.47. The number of phosphoric ester groups is 1. The highest BCUT2D eigenvalue weighted by atomic mass is 35.5. The fourth-order valence-electron chi connectivity index (χ4n) is 3.76. The Morgan fingerprint density at radius 1 is 1.15 bits per heavy atom. The molecule has 40 heavy (non-hydrogen) atoms. The first kappa shape index (κ1) is 31.3. The SMILES string of the molecule is CN(C(=O)CCc1cccc(F)c1Cl)[C@H](COC(=O)Nc1cc2cc(F)ccc2cn1)C[C@H](O)COP(=O)(O)O. The lowest BCUT2D eigenvalue weighted by Crippen LogP contribution is -2.43. The number of hydrogen-bond acceptors (Lipinski definition) is 7. The number of aromatic nitrogens is 1. The number of pyridine rings is 1. The number of ether oxygens (including phenoxy) is 1. The standard InChI is InChI=1S/C25H27ClF2N3O8P/c1-31(23(33)8-6-15-3-2-4-21(28)24(15)26)19(11-20(32)14-39-40(35,36)37)13-38-25(34)30-22-10-17-9-18(27)7-5-16(17)12-29-22/h2-5,7,9-10,12,19-20,32H,6,8,11,13-14H2,1H3,(H,29,30,34)(H2,35,36,37)/t19-,20-/m0/s1. The van der Waals surface area contributed by atoms with E-state index in [1.54, 1.807) is 6.07 Å². The molecule has 2 amide bonds. The number of halogens is 3. The Hall–Kier alpha value is -3.19. The van der Waals surface area contributed by atoms with E-state index >= 15 is 0 Å². The summed E-state index contributed by atoms with van der Waals surface area (Å²) in [6.45, 7) is -1.17. The zero-order chi connectivity index (χ0) is 29.4. The maximum atomic E-state index is 13.7. The van der Waals surface area contributed by atoms with Crippen LogP contribution in [0.4, 0.5) is 19.4 Å². The minimum atomic E-state index is -4.86. The lowest BCUT2D eigenvalue weighted by molar-refractivity contribution is -0.133. The molecular formula is C25H27ClF2N3O8P.